The number of aromatic nitrogens is 2. The van der Waals surface area contributed by atoms with E-state index < -0.39 is 11.2 Å². The molecule has 0 radical (unpaired) electrons. The largest absolute Gasteiger partial charge is 0.386 e. The van der Waals surface area contributed by atoms with Crippen LogP contribution < -0.4 is 5.32 Å². The highest BCUT2D eigenvalue weighted by atomic mass is 16.5. The third-order valence-electron chi connectivity index (χ3n) is 5.12. The highest BCUT2D eigenvalue weighted by Gasteiger charge is 2.49. The third kappa shape index (κ3) is 3.80. The molecule has 136 valence electrons. The fourth-order valence-corrected chi connectivity index (χ4v) is 3.54. The summed E-state index contributed by atoms with van der Waals surface area (Å²) in [5.41, 5.74) is -1.18. The summed E-state index contributed by atoms with van der Waals surface area (Å²) in [6.45, 7) is 4.37. The zero-order valence-corrected chi connectivity index (χ0v) is 14.6. The van der Waals surface area contributed by atoms with Gasteiger partial charge in [0.15, 0.2) is 0 Å². The number of nitrogens with zero attached hydrogens (tertiary/aromatic N) is 3. The second kappa shape index (κ2) is 6.68. The smallest absolute Gasteiger partial charge is 0.274 e. The number of ether oxygens (including phenoxy) is 1. The Bertz CT molecular complexity index is 641. The summed E-state index contributed by atoms with van der Waals surface area (Å²) >= 11 is 0. The van der Waals surface area contributed by atoms with Crippen LogP contribution in [0.3, 0.4) is 0 Å². The molecule has 1 aromatic heterocycles. The van der Waals surface area contributed by atoms with Crippen molar-refractivity contribution in [1.29, 1.82) is 0 Å². The summed E-state index contributed by atoms with van der Waals surface area (Å²) in [5.74, 6) is -0.304. The second-order valence-corrected chi connectivity index (χ2v) is 7.17. The number of carbonyl (C=O) groups excluding carboxylic acids is 2. The van der Waals surface area contributed by atoms with Crippen LogP contribution >= 0.6 is 0 Å². The number of nitrogens with one attached hydrogen (secondary N) is 1. The van der Waals surface area contributed by atoms with Crippen molar-refractivity contribution >= 4 is 11.8 Å². The summed E-state index contributed by atoms with van der Waals surface area (Å²) in [7, 11) is 0. The first-order valence-electron chi connectivity index (χ1n) is 8.50. The van der Waals surface area contributed by atoms with Crippen molar-refractivity contribution in [2.75, 3.05) is 19.7 Å². The Balaban J connectivity index is 1.65. The average Bonchev–Trinajstić information content (AvgIpc) is 2.59. The molecule has 0 aromatic carbocycles. The van der Waals surface area contributed by atoms with Gasteiger partial charge in [0.05, 0.1) is 24.4 Å². The standard InChI is InChI=1S/C17H24N4O4/c1-12(22)20-14-9-17(25-11-16(14,2)24)3-7-21(8-4-17)15(23)13-10-18-5-6-19-13/h5-6,10,14,24H,3-4,7-9,11H2,1-2H3,(H,20,22)/t14-,16-/m0/s1. The zero-order chi connectivity index (χ0) is 18.1. The topological polar surface area (TPSA) is 105 Å². The molecule has 2 N–H and O–H groups in total. The summed E-state index contributed by atoms with van der Waals surface area (Å²) in [5, 5.41) is 13.3. The van der Waals surface area contributed by atoms with E-state index in [0.717, 1.165) is 0 Å². The van der Waals surface area contributed by atoms with Gasteiger partial charge in [0.1, 0.15) is 11.3 Å². The Morgan fingerprint density at radius 2 is 2.08 bits per heavy atom. The molecule has 0 saturated carbocycles. The monoisotopic (exact) mass is 348 g/mol. The van der Waals surface area contributed by atoms with E-state index in [-0.39, 0.29) is 24.5 Å². The van der Waals surface area contributed by atoms with Crippen molar-refractivity contribution in [3.05, 3.63) is 24.3 Å². The van der Waals surface area contributed by atoms with Gasteiger partial charge in [-0.3, -0.25) is 14.6 Å². The maximum Gasteiger partial charge on any atom is 0.274 e. The first-order valence-corrected chi connectivity index (χ1v) is 8.50. The molecular formula is C17H24N4O4. The van der Waals surface area contributed by atoms with Gasteiger partial charge in [-0.05, 0) is 26.2 Å². The van der Waals surface area contributed by atoms with Crippen LogP contribution in [0.4, 0.5) is 0 Å². The molecule has 0 unspecified atom stereocenters. The van der Waals surface area contributed by atoms with Crippen LogP contribution in [-0.2, 0) is 9.53 Å². The molecule has 1 aromatic rings. The number of piperidine rings is 1. The molecule has 2 amide bonds. The molecule has 0 bridgehead atoms. The van der Waals surface area contributed by atoms with Gasteiger partial charge < -0.3 is 20.1 Å². The van der Waals surface area contributed by atoms with E-state index in [1.165, 1.54) is 25.5 Å². The highest BCUT2D eigenvalue weighted by Crippen LogP contribution is 2.38. The molecule has 2 fully saturated rings. The van der Waals surface area contributed by atoms with Crippen LogP contribution in [0, 0.1) is 0 Å². The van der Waals surface area contributed by atoms with Crippen LogP contribution in [0.15, 0.2) is 18.6 Å². The summed E-state index contributed by atoms with van der Waals surface area (Å²) in [4.78, 5) is 33.6. The molecule has 2 aliphatic rings. The second-order valence-electron chi connectivity index (χ2n) is 7.17. The number of hydrogen-bond donors (Lipinski definition) is 2. The lowest BCUT2D eigenvalue weighted by molar-refractivity contribution is -0.191. The Kier molecular flexibility index (Phi) is 4.75. The normalized spacial score (nSPS) is 28.6. The van der Waals surface area contributed by atoms with Crippen molar-refractivity contribution in [3.8, 4) is 0 Å². The molecule has 8 nitrogen and oxygen atoms in total. The predicted molar refractivity (Wildman–Crippen MR) is 88.7 cm³/mol. The zero-order valence-electron chi connectivity index (χ0n) is 14.6. The molecule has 0 aliphatic carbocycles. The summed E-state index contributed by atoms with van der Waals surface area (Å²) < 4.78 is 6.00. The highest BCUT2D eigenvalue weighted by molar-refractivity contribution is 5.92. The molecule has 25 heavy (non-hydrogen) atoms. The van der Waals surface area contributed by atoms with Crippen molar-refractivity contribution in [3.63, 3.8) is 0 Å². The maximum atomic E-state index is 12.5. The average molecular weight is 348 g/mol. The fourth-order valence-electron chi connectivity index (χ4n) is 3.54. The van der Waals surface area contributed by atoms with E-state index in [1.807, 2.05) is 0 Å². The lowest BCUT2D eigenvalue weighted by Gasteiger charge is -2.50. The summed E-state index contributed by atoms with van der Waals surface area (Å²) in [6.07, 6.45) is 6.35. The van der Waals surface area contributed by atoms with Gasteiger partial charge in [0.2, 0.25) is 5.91 Å². The van der Waals surface area contributed by atoms with E-state index >= 15 is 0 Å². The molecule has 2 saturated heterocycles. The molecule has 3 heterocycles. The minimum atomic E-state index is -1.09. The minimum absolute atomic E-state index is 0.135. The number of rotatable bonds is 2. The fraction of sp³-hybridized carbons (Fsp3) is 0.647. The molecule has 2 atom stereocenters. The van der Waals surface area contributed by atoms with Crippen LogP contribution in [-0.4, -0.2) is 68.7 Å². The van der Waals surface area contributed by atoms with E-state index in [1.54, 1.807) is 11.8 Å². The van der Waals surface area contributed by atoms with Gasteiger partial charge >= 0.3 is 0 Å². The molecule has 1 spiro atoms. The quantitative estimate of drug-likeness (QED) is 0.787. The molecular weight excluding hydrogens is 324 g/mol. The number of aliphatic hydroxyl groups is 1. The molecule has 3 rings (SSSR count). The Morgan fingerprint density at radius 3 is 2.68 bits per heavy atom. The first kappa shape index (κ1) is 17.8. The minimum Gasteiger partial charge on any atom is -0.386 e. The number of amides is 2. The van der Waals surface area contributed by atoms with Gasteiger partial charge in [-0.25, -0.2) is 4.98 Å². The Hall–Kier alpha value is -2.06. The van der Waals surface area contributed by atoms with Crippen LogP contribution in [0.1, 0.15) is 43.6 Å². The lowest BCUT2D eigenvalue weighted by Crippen LogP contribution is -2.63. The Labute approximate surface area is 146 Å². The number of hydrogen-bond acceptors (Lipinski definition) is 6. The summed E-state index contributed by atoms with van der Waals surface area (Å²) in [6, 6.07) is -0.360. The third-order valence-corrected chi connectivity index (χ3v) is 5.12. The van der Waals surface area contributed by atoms with Crippen LogP contribution in [0.5, 0.6) is 0 Å². The number of likely N-dealkylation sites (tertiary alicyclic amines) is 1. The van der Waals surface area contributed by atoms with Gasteiger partial charge in [-0.2, -0.15) is 0 Å². The van der Waals surface area contributed by atoms with E-state index in [2.05, 4.69) is 15.3 Å². The molecule has 8 heteroatoms. The van der Waals surface area contributed by atoms with Crippen molar-refractivity contribution < 1.29 is 19.4 Å². The van der Waals surface area contributed by atoms with E-state index in [0.29, 0.717) is 38.0 Å². The van der Waals surface area contributed by atoms with Crippen LogP contribution in [0.2, 0.25) is 0 Å². The van der Waals surface area contributed by atoms with E-state index in [9.17, 15) is 14.7 Å². The van der Waals surface area contributed by atoms with Gasteiger partial charge in [0, 0.05) is 32.4 Å². The van der Waals surface area contributed by atoms with Crippen molar-refractivity contribution in [1.82, 2.24) is 20.2 Å². The van der Waals surface area contributed by atoms with Crippen LogP contribution in [0.25, 0.3) is 0 Å². The Morgan fingerprint density at radius 1 is 1.36 bits per heavy atom. The SMILES string of the molecule is CC(=O)N[C@H]1CC2(CCN(C(=O)c3cnccn3)CC2)OC[C@]1(C)O. The van der Waals surface area contributed by atoms with Crippen molar-refractivity contribution in [2.24, 2.45) is 0 Å². The van der Waals surface area contributed by atoms with E-state index in [4.69, 9.17) is 4.74 Å². The predicted octanol–water partition coefficient (Wildman–Crippen LogP) is 0.127. The van der Waals surface area contributed by atoms with Crippen molar-refractivity contribution in [2.45, 2.75) is 50.4 Å². The van der Waals surface area contributed by atoms with Gasteiger partial charge in [0.25, 0.3) is 5.91 Å². The number of carbonyl (C=O) groups is 2. The van der Waals surface area contributed by atoms with Gasteiger partial charge in [-0.1, -0.05) is 0 Å². The molecule has 2 aliphatic heterocycles. The van der Waals surface area contributed by atoms with Gasteiger partial charge in [-0.15, -0.1) is 0 Å². The first-order chi connectivity index (χ1) is 11.8. The maximum absolute atomic E-state index is 12.5. The lowest BCUT2D eigenvalue weighted by atomic mass is 9.77.